The Kier molecular flexibility index (Phi) is 8.36. The van der Waals surface area contributed by atoms with E-state index >= 15 is 0 Å². The average Bonchev–Trinajstić information content (AvgIpc) is 3.73. The first kappa shape index (κ1) is 28.7. The Hall–Kier alpha value is -3.84. The zero-order valence-electron chi connectivity index (χ0n) is 22.2. The first-order valence-electron chi connectivity index (χ1n) is 12.9. The molecule has 0 radical (unpaired) electrons. The average molecular weight is 597 g/mol. The van der Waals surface area contributed by atoms with Crippen molar-refractivity contribution in [2.45, 2.75) is 31.2 Å². The van der Waals surface area contributed by atoms with Crippen LogP contribution in [-0.2, 0) is 19.1 Å². The molecule has 1 aromatic carbocycles. The van der Waals surface area contributed by atoms with Crippen LogP contribution in [0.3, 0.4) is 0 Å². The van der Waals surface area contributed by atoms with Gasteiger partial charge in [0.25, 0.3) is 5.91 Å². The molecule has 2 aliphatic rings. The maximum atomic E-state index is 13.4. The summed E-state index contributed by atoms with van der Waals surface area (Å²) in [6.45, 7) is 2.33. The van der Waals surface area contributed by atoms with Gasteiger partial charge < -0.3 is 30.7 Å². The van der Waals surface area contributed by atoms with Crippen LogP contribution in [0.25, 0.3) is 11.3 Å². The van der Waals surface area contributed by atoms with Gasteiger partial charge >= 0.3 is 0 Å². The van der Waals surface area contributed by atoms with Gasteiger partial charge in [0.05, 0.1) is 43.1 Å². The molecule has 0 bridgehead atoms. The molecule has 41 heavy (non-hydrogen) atoms. The molecule has 3 aromatic rings. The van der Waals surface area contributed by atoms with Gasteiger partial charge in [-0.2, -0.15) is 0 Å². The molecule has 0 saturated carbocycles. The summed E-state index contributed by atoms with van der Waals surface area (Å²) >= 11 is 7.28. The maximum absolute atomic E-state index is 13.4. The topological polar surface area (TPSA) is 160 Å². The molecule has 5 N–H and O–H groups in total. The molecule has 1 spiro atoms. The van der Waals surface area contributed by atoms with E-state index in [0.717, 1.165) is 10.4 Å². The van der Waals surface area contributed by atoms with Gasteiger partial charge in [-0.25, -0.2) is 0 Å². The van der Waals surface area contributed by atoms with Crippen LogP contribution in [0, 0.1) is 5.41 Å². The fourth-order valence-corrected chi connectivity index (χ4v) is 5.87. The maximum Gasteiger partial charge on any atom is 0.251 e. The summed E-state index contributed by atoms with van der Waals surface area (Å²) in [5.74, 6) is -2.32. The third-order valence-corrected chi connectivity index (χ3v) is 8.35. The molecule has 214 valence electrons. The number of thiophene rings is 1. The second-order valence-electron chi connectivity index (χ2n) is 9.85. The number of amides is 3. The van der Waals surface area contributed by atoms with Crippen molar-refractivity contribution in [1.82, 2.24) is 20.5 Å². The van der Waals surface area contributed by atoms with E-state index in [1.165, 1.54) is 16.2 Å². The van der Waals surface area contributed by atoms with Crippen LogP contribution in [0.5, 0.6) is 0 Å². The minimum Gasteiger partial charge on any atom is -0.384 e. The van der Waals surface area contributed by atoms with Gasteiger partial charge in [0.2, 0.25) is 11.8 Å². The van der Waals surface area contributed by atoms with E-state index in [4.69, 9.17) is 32.2 Å². The van der Waals surface area contributed by atoms with Gasteiger partial charge in [-0.15, -0.1) is 11.3 Å². The predicted molar refractivity (Wildman–Crippen MR) is 154 cm³/mol. The number of likely N-dealkylation sites (tertiary alicyclic amines) is 1. The van der Waals surface area contributed by atoms with Gasteiger partial charge in [-0.3, -0.25) is 24.8 Å². The molecule has 3 amide bonds. The van der Waals surface area contributed by atoms with Crippen LogP contribution in [0.1, 0.15) is 40.2 Å². The summed E-state index contributed by atoms with van der Waals surface area (Å²) in [5, 5.41) is 15.5. The lowest BCUT2D eigenvalue weighted by Crippen LogP contribution is -2.49. The van der Waals surface area contributed by atoms with Gasteiger partial charge in [0.1, 0.15) is 11.9 Å². The predicted octanol–water partition coefficient (Wildman–Crippen LogP) is 2.70. The van der Waals surface area contributed by atoms with E-state index in [0.29, 0.717) is 35.1 Å². The van der Waals surface area contributed by atoms with E-state index in [2.05, 4.69) is 15.6 Å². The molecule has 11 nitrogen and oxygen atoms in total. The number of aromatic nitrogens is 1. The molecule has 2 aliphatic heterocycles. The van der Waals surface area contributed by atoms with Crippen molar-refractivity contribution in [3.05, 3.63) is 75.1 Å². The van der Waals surface area contributed by atoms with Crippen molar-refractivity contribution < 1.29 is 23.9 Å². The fraction of sp³-hybridized carbons (Fsp3) is 0.321. The molecule has 5 rings (SSSR count). The monoisotopic (exact) mass is 596 g/mol. The molecule has 2 saturated heterocycles. The Morgan fingerprint density at radius 3 is 2.56 bits per heavy atom. The summed E-state index contributed by atoms with van der Waals surface area (Å²) in [7, 11) is 0. The lowest BCUT2D eigenvalue weighted by molar-refractivity contribution is -0.152. The number of ether oxygens (including phenoxy) is 2. The highest BCUT2D eigenvalue weighted by atomic mass is 35.5. The number of nitrogen functional groups attached to an aromatic ring is 1. The van der Waals surface area contributed by atoms with Crippen molar-refractivity contribution in [3.63, 3.8) is 0 Å². The highest BCUT2D eigenvalue weighted by Crippen LogP contribution is 2.35. The van der Waals surface area contributed by atoms with E-state index in [9.17, 15) is 14.4 Å². The number of nitrogens with one attached hydrogen (secondary N) is 3. The van der Waals surface area contributed by atoms with Crippen molar-refractivity contribution in [1.29, 1.82) is 5.41 Å². The number of carbonyl (C=O) groups excluding carboxylic acids is 3. The zero-order valence-corrected chi connectivity index (χ0v) is 23.8. The second-order valence-corrected chi connectivity index (χ2v) is 11.2. The van der Waals surface area contributed by atoms with Gasteiger partial charge in [-0.1, -0.05) is 23.7 Å². The molecular weight excluding hydrogens is 568 g/mol. The smallest absolute Gasteiger partial charge is 0.251 e. The zero-order chi connectivity index (χ0) is 29.1. The second kappa shape index (κ2) is 12.0. The summed E-state index contributed by atoms with van der Waals surface area (Å²) in [5.41, 5.74) is 8.05. The minimum atomic E-state index is -1.05. The Bertz CT molecular complexity index is 1460. The number of pyridine rings is 1. The summed E-state index contributed by atoms with van der Waals surface area (Å²) in [6.07, 6.45) is 1.72. The molecule has 4 heterocycles. The molecule has 2 aromatic heterocycles. The fourth-order valence-electron chi connectivity index (χ4n) is 4.84. The third kappa shape index (κ3) is 6.41. The molecule has 2 fully saturated rings. The Balaban J connectivity index is 1.22. The van der Waals surface area contributed by atoms with E-state index in [-0.39, 0.29) is 37.3 Å². The molecule has 1 unspecified atom stereocenters. The third-order valence-electron chi connectivity index (χ3n) is 7.02. The number of benzene rings is 1. The summed E-state index contributed by atoms with van der Waals surface area (Å²) < 4.78 is 11.6. The normalized spacial score (nSPS) is 18.3. The SMILES string of the molecule is CC(NC(=O)[C@@H]1CC2(CN1C(=O)CNC(=O)c1ccc(-c3ccc(Cl)cn3)cc1)OCCO2)c1cc(C(=N)N)cs1. The van der Waals surface area contributed by atoms with E-state index in [1.807, 2.05) is 6.92 Å². The number of halogens is 1. The molecule has 13 heteroatoms. The van der Waals surface area contributed by atoms with Crippen LogP contribution < -0.4 is 16.4 Å². The van der Waals surface area contributed by atoms with Gasteiger partial charge in [0, 0.05) is 39.6 Å². The van der Waals surface area contributed by atoms with Crippen molar-refractivity contribution in [3.8, 4) is 11.3 Å². The Labute approximate surface area is 245 Å². The van der Waals surface area contributed by atoms with Crippen LogP contribution in [-0.4, -0.2) is 71.6 Å². The first-order valence-corrected chi connectivity index (χ1v) is 14.2. The number of carbonyl (C=O) groups is 3. The lowest BCUT2D eigenvalue weighted by atomic mass is 10.1. The van der Waals surface area contributed by atoms with E-state index in [1.54, 1.807) is 54.0 Å². The van der Waals surface area contributed by atoms with Crippen LogP contribution in [0.2, 0.25) is 5.02 Å². The number of amidine groups is 1. The van der Waals surface area contributed by atoms with Crippen LogP contribution in [0.15, 0.2) is 54.0 Å². The Morgan fingerprint density at radius 2 is 1.93 bits per heavy atom. The van der Waals surface area contributed by atoms with Crippen LogP contribution in [0.4, 0.5) is 0 Å². The highest BCUT2D eigenvalue weighted by Gasteiger charge is 2.52. The number of rotatable bonds is 8. The quantitative estimate of drug-likeness (QED) is 0.230. The minimum absolute atomic E-state index is 0.0485. The highest BCUT2D eigenvalue weighted by molar-refractivity contribution is 7.10. The summed E-state index contributed by atoms with van der Waals surface area (Å²) in [6, 6.07) is 10.9. The Morgan fingerprint density at radius 1 is 1.20 bits per heavy atom. The number of nitrogens with zero attached hydrogens (tertiary/aromatic N) is 2. The van der Waals surface area contributed by atoms with Crippen molar-refractivity contribution >= 4 is 46.5 Å². The van der Waals surface area contributed by atoms with Crippen LogP contribution >= 0.6 is 22.9 Å². The van der Waals surface area contributed by atoms with E-state index < -0.39 is 23.6 Å². The summed E-state index contributed by atoms with van der Waals surface area (Å²) in [4.78, 5) is 46.0. The lowest BCUT2D eigenvalue weighted by Gasteiger charge is -2.25. The number of hydrogen-bond donors (Lipinski definition) is 4. The number of hydrogen-bond acceptors (Lipinski definition) is 8. The standard InChI is InChI=1S/C28H29ClN6O5S/c1-16(23-10-19(14-41-23)25(30)31)34-27(38)22-11-28(39-8-9-40-28)15-35(22)24(36)13-33-26(37)18-4-2-17(3-5-18)21-7-6-20(29)12-32-21/h2-7,10,12,14,16,22H,8-9,11,13,15H2,1H3,(H3,30,31)(H,33,37)(H,34,38)/t16?,22-/m0/s1. The van der Waals surface area contributed by atoms with Gasteiger partial charge in [-0.05, 0) is 37.3 Å². The molecule has 2 atom stereocenters. The van der Waals surface area contributed by atoms with Gasteiger partial charge in [0.15, 0.2) is 5.79 Å². The largest absolute Gasteiger partial charge is 0.384 e. The first-order chi connectivity index (χ1) is 19.6. The van der Waals surface area contributed by atoms with Crippen molar-refractivity contribution in [2.24, 2.45) is 5.73 Å². The molecular formula is C28H29ClN6O5S. The molecule has 0 aliphatic carbocycles. The number of nitrogens with two attached hydrogens (primary N) is 1. The van der Waals surface area contributed by atoms with Crippen molar-refractivity contribution in [2.75, 3.05) is 26.3 Å².